The molecule has 0 N–H and O–H groups in total. The second kappa shape index (κ2) is 6.84. The second-order valence-electron chi connectivity index (χ2n) is 4.53. The van der Waals surface area contributed by atoms with Crippen molar-refractivity contribution in [2.45, 2.75) is 17.4 Å². The van der Waals surface area contributed by atoms with Crippen molar-refractivity contribution in [3.8, 4) is 0 Å². The van der Waals surface area contributed by atoms with Crippen LogP contribution in [0.2, 0.25) is 0 Å². The van der Waals surface area contributed by atoms with Crippen molar-refractivity contribution in [2.75, 3.05) is 0 Å². The fourth-order valence-corrected chi connectivity index (χ4v) is 3.38. The summed E-state index contributed by atoms with van der Waals surface area (Å²) in [5.74, 6) is 0. The highest BCUT2D eigenvalue weighted by Crippen LogP contribution is 2.40. The molecule has 6 heteroatoms. The molecule has 0 aliphatic carbocycles. The first-order valence-electron chi connectivity index (χ1n) is 6.02. The third kappa shape index (κ3) is 4.57. The van der Waals surface area contributed by atoms with Gasteiger partial charge in [0.15, 0.2) is 0 Å². The molecule has 0 nitrogen and oxygen atoms in total. The first-order valence-corrected chi connectivity index (χ1v) is 8.52. The molecule has 0 aromatic heterocycles. The lowest BCUT2D eigenvalue weighted by Crippen LogP contribution is -2.11. The molecule has 0 amide bonds. The number of hydrogen-bond donors (Lipinski definition) is 0. The summed E-state index contributed by atoms with van der Waals surface area (Å²) < 4.78 is 40.8. The molecule has 1 atom stereocenters. The summed E-state index contributed by atoms with van der Waals surface area (Å²) in [5.41, 5.74) is 0.598. The van der Waals surface area contributed by atoms with Gasteiger partial charge in [0, 0.05) is 13.8 Å². The van der Waals surface area contributed by atoms with E-state index >= 15 is 0 Å². The number of alkyl halides is 4. The van der Waals surface area contributed by atoms with Crippen LogP contribution in [-0.4, -0.2) is 0 Å². The van der Waals surface area contributed by atoms with Crippen LogP contribution in [0, 0.1) is 0 Å². The molecule has 0 aliphatic heterocycles. The zero-order valence-electron chi connectivity index (χ0n) is 10.6. The first kappa shape index (κ1) is 17.0. The normalized spacial score (nSPS) is 13.2. The Morgan fingerprint density at radius 2 is 1.48 bits per heavy atom. The van der Waals surface area contributed by atoms with Gasteiger partial charge in [-0.3, -0.25) is 0 Å². The lowest BCUT2D eigenvalue weighted by atomic mass is 9.99. The van der Waals surface area contributed by atoms with Crippen LogP contribution >= 0.6 is 47.8 Å². The van der Waals surface area contributed by atoms with E-state index in [0.29, 0.717) is 10.9 Å². The van der Waals surface area contributed by atoms with Crippen molar-refractivity contribution in [3.63, 3.8) is 0 Å². The number of benzene rings is 2. The fourth-order valence-electron chi connectivity index (χ4n) is 1.98. The molecule has 1 unspecified atom stereocenters. The Morgan fingerprint density at radius 3 is 2.05 bits per heavy atom. The molecule has 2 aromatic carbocycles. The minimum Gasteiger partial charge on any atom is -0.166 e. The van der Waals surface area contributed by atoms with Crippen LogP contribution in [0.15, 0.2) is 51.4 Å². The van der Waals surface area contributed by atoms with E-state index in [4.69, 9.17) is 0 Å². The first-order chi connectivity index (χ1) is 9.77. The number of rotatable bonds is 3. The summed E-state index contributed by atoms with van der Waals surface area (Å²) >= 11 is 9.81. The lowest BCUT2D eigenvalue weighted by molar-refractivity contribution is -0.138. The van der Waals surface area contributed by atoms with E-state index in [-0.39, 0.29) is 5.56 Å². The van der Waals surface area contributed by atoms with Crippen molar-refractivity contribution in [3.05, 3.63) is 68.1 Å². The topological polar surface area (TPSA) is 0 Å². The summed E-state index contributed by atoms with van der Waals surface area (Å²) in [6.07, 6.45) is -3.89. The van der Waals surface area contributed by atoms with Crippen LogP contribution in [-0.2, 0) is 12.6 Å². The van der Waals surface area contributed by atoms with E-state index < -0.39 is 16.6 Å². The van der Waals surface area contributed by atoms with Gasteiger partial charge in [-0.25, -0.2) is 0 Å². The van der Waals surface area contributed by atoms with Crippen molar-refractivity contribution >= 4 is 47.8 Å². The van der Waals surface area contributed by atoms with E-state index in [1.165, 1.54) is 6.07 Å². The zero-order chi connectivity index (χ0) is 15.6. The van der Waals surface area contributed by atoms with Crippen molar-refractivity contribution in [1.29, 1.82) is 0 Å². The molecule has 2 aromatic rings. The third-order valence-electron chi connectivity index (χ3n) is 2.99. The van der Waals surface area contributed by atoms with E-state index in [2.05, 4.69) is 47.8 Å². The Bertz CT molecular complexity index is 621. The Hall–Kier alpha value is -0.330. The minimum absolute atomic E-state index is 0.244. The highest BCUT2D eigenvalue weighted by molar-refractivity contribution is 9.10. The maximum absolute atomic E-state index is 13.1. The molecule has 0 heterocycles. The highest BCUT2D eigenvalue weighted by Gasteiger charge is 2.35. The van der Waals surface area contributed by atoms with Gasteiger partial charge >= 0.3 is 6.18 Å². The quantitative estimate of drug-likeness (QED) is 0.413. The molecule has 0 spiro atoms. The molecule has 0 aliphatic rings. The van der Waals surface area contributed by atoms with E-state index in [9.17, 15) is 13.2 Å². The Morgan fingerprint density at radius 1 is 0.905 bits per heavy atom. The highest BCUT2D eigenvalue weighted by atomic mass is 79.9. The molecular weight excluding hydrogens is 477 g/mol. The van der Waals surface area contributed by atoms with Crippen LogP contribution in [0.4, 0.5) is 13.2 Å². The Kier molecular flexibility index (Phi) is 5.54. The van der Waals surface area contributed by atoms with Crippen LogP contribution in [0.25, 0.3) is 0 Å². The van der Waals surface area contributed by atoms with Gasteiger partial charge in [-0.2, -0.15) is 13.2 Å². The van der Waals surface area contributed by atoms with Gasteiger partial charge in [-0.15, -0.1) is 0 Å². The molecule has 0 fully saturated rings. The molecule has 0 saturated heterocycles. The number of halogens is 6. The van der Waals surface area contributed by atoms with Gasteiger partial charge in [0.1, 0.15) is 0 Å². The lowest BCUT2D eigenvalue weighted by Gasteiger charge is -2.18. The number of hydrogen-bond acceptors (Lipinski definition) is 0. The smallest absolute Gasteiger partial charge is 0.166 e. The Labute approximate surface area is 146 Å². The third-order valence-corrected chi connectivity index (χ3v) is 4.83. The summed E-state index contributed by atoms with van der Waals surface area (Å²) in [7, 11) is 0. The molecule has 0 saturated carbocycles. The van der Waals surface area contributed by atoms with Gasteiger partial charge in [-0.1, -0.05) is 66.0 Å². The minimum atomic E-state index is -4.37. The molecule has 21 heavy (non-hydrogen) atoms. The molecule has 0 bridgehead atoms. The van der Waals surface area contributed by atoms with Crippen LogP contribution in [0.1, 0.15) is 21.5 Å². The molecule has 0 radical (unpaired) electrons. The largest absolute Gasteiger partial charge is 0.416 e. The predicted molar refractivity (Wildman–Crippen MR) is 88.7 cm³/mol. The van der Waals surface area contributed by atoms with Gasteiger partial charge < -0.3 is 0 Å². The zero-order valence-corrected chi connectivity index (χ0v) is 15.4. The van der Waals surface area contributed by atoms with Gasteiger partial charge in [-0.05, 0) is 41.8 Å². The van der Waals surface area contributed by atoms with Crippen molar-refractivity contribution in [2.24, 2.45) is 0 Å². The van der Waals surface area contributed by atoms with E-state index in [0.717, 1.165) is 16.1 Å². The summed E-state index contributed by atoms with van der Waals surface area (Å²) in [6, 6.07) is 11.8. The Balaban J connectivity index is 2.30. The van der Waals surface area contributed by atoms with Gasteiger partial charge in [0.2, 0.25) is 0 Å². The van der Waals surface area contributed by atoms with Crippen LogP contribution in [0.3, 0.4) is 0 Å². The summed E-state index contributed by atoms with van der Waals surface area (Å²) in [6.45, 7) is 0. The summed E-state index contributed by atoms with van der Waals surface area (Å²) in [5, 5.41) is 0. The average Bonchev–Trinajstić information content (AvgIpc) is 2.40. The van der Waals surface area contributed by atoms with Gasteiger partial charge in [0.05, 0.1) is 5.56 Å². The van der Waals surface area contributed by atoms with Crippen molar-refractivity contribution in [1.82, 2.24) is 0 Å². The molecule has 2 rings (SSSR count). The average molecular weight is 487 g/mol. The van der Waals surface area contributed by atoms with Crippen molar-refractivity contribution < 1.29 is 13.2 Å². The predicted octanol–water partition coefficient (Wildman–Crippen LogP) is 6.91. The fraction of sp³-hybridized carbons (Fsp3) is 0.200. The maximum atomic E-state index is 13.1. The molecular formula is C15H10Br3F3. The standard InChI is InChI=1S/C15H10Br3F3/c16-10-3-1-9(2-4-10)7-14(18)12-6-5-11(17)8-13(12)15(19,20)21/h1-6,8,14H,7H2. The van der Waals surface area contributed by atoms with E-state index in [1.807, 2.05) is 24.3 Å². The SMILES string of the molecule is FC(F)(F)c1cc(Br)ccc1C(Br)Cc1ccc(Br)cc1. The van der Waals surface area contributed by atoms with Gasteiger partial charge in [0.25, 0.3) is 0 Å². The molecule has 112 valence electrons. The maximum Gasteiger partial charge on any atom is 0.416 e. The van der Waals surface area contributed by atoms with Crippen LogP contribution in [0.5, 0.6) is 0 Å². The monoisotopic (exact) mass is 484 g/mol. The van der Waals surface area contributed by atoms with Crippen LogP contribution < -0.4 is 0 Å². The van der Waals surface area contributed by atoms with E-state index in [1.54, 1.807) is 6.07 Å². The summed E-state index contributed by atoms with van der Waals surface area (Å²) in [4.78, 5) is -0.400. The second-order valence-corrected chi connectivity index (χ2v) is 7.46.